The highest BCUT2D eigenvalue weighted by Crippen LogP contribution is 2.35. The van der Waals surface area contributed by atoms with Crippen molar-refractivity contribution in [3.63, 3.8) is 0 Å². The van der Waals surface area contributed by atoms with E-state index in [1.807, 2.05) is 18.2 Å². The third kappa shape index (κ3) is 3.99. The Labute approximate surface area is 153 Å². The van der Waals surface area contributed by atoms with Gasteiger partial charge in [-0.15, -0.1) is 0 Å². The van der Waals surface area contributed by atoms with Gasteiger partial charge in [-0.3, -0.25) is 4.55 Å². The molecule has 2 aromatic carbocycles. The molecule has 0 aliphatic heterocycles. The monoisotopic (exact) mass is 394 g/mol. The summed E-state index contributed by atoms with van der Waals surface area (Å²) in [5.74, 6) is 0. The molecule has 0 bridgehead atoms. The maximum absolute atomic E-state index is 11.1. The Morgan fingerprint density at radius 3 is 2.21 bits per heavy atom. The summed E-state index contributed by atoms with van der Waals surface area (Å²) in [5.41, 5.74) is 3.35. The lowest BCUT2D eigenvalue weighted by Gasteiger charge is -2.05. The van der Waals surface area contributed by atoms with Crippen molar-refractivity contribution in [3.05, 3.63) is 69.5 Å². The molecule has 0 saturated heterocycles. The summed E-state index contributed by atoms with van der Waals surface area (Å²) in [6, 6.07) is 16.5. The van der Waals surface area contributed by atoms with Crippen LogP contribution in [0.4, 0.5) is 0 Å². The first-order valence-corrected chi connectivity index (χ1v) is 11.2. The Morgan fingerprint density at radius 2 is 1.58 bits per heavy atom. The van der Waals surface area contributed by atoms with Crippen LogP contribution in [0.3, 0.4) is 0 Å². The minimum atomic E-state index is -4.14. The van der Waals surface area contributed by atoms with Crippen molar-refractivity contribution in [2.24, 2.45) is 0 Å². The van der Waals surface area contributed by atoms with Gasteiger partial charge in [-0.05, 0) is 36.1 Å². The van der Waals surface area contributed by atoms with E-state index in [4.69, 9.17) is 16.8 Å². The van der Waals surface area contributed by atoms with Gasteiger partial charge in [0.15, 0.2) is 0 Å². The van der Waals surface area contributed by atoms with Gasteiger partial charge in [0.1, 0.15) is 3.82 Å². The van der Waals surface area contributed by atoms with E-state index >= 15 is 0 Å². The third-order valence-corrected chi connectivity index (χ3v) is 7.70. The van der Waals surface area contributed by atoms with E-state index in [9.17, 15) is 8.42 Å². The number of aryl methyl sites for hydroxylation is 1. The number of hydrogen-bond donors (Lipinski definition) is 1. The molecule has 0 aliphatic carbocycles. The molecule has 0 amide bonds. The summed E-state index contributed by atoms with van der Waals surface area (Å²) in [4.78, 5) is 1.12. The van der Waals surface area contributed by atoms with E-state index in [0.717, 1.165) is 22.2 Å². The smallest absolute Gasteiger partial charge is 0.282 e. The van der Waals surface area contributed by atoms with Crippen LogP contribution in [0.25, 0.3) is 10.4 Å². The van der Waals surface area contributed by atoms with Crippen LogP contribution in [-0.2, 0) is 23.0 Å². The van der Waals surface area contributed by atoms with E-state index in [-0.39, 0.29) is 4.90 Å². The Balaban J connectivity index is 1.81. The average molecular weight is 395 g/mol. The molecule has 0 fully saturated rings. The third-order valence-electron chi connectivity index (χ3n) is 3.64. The molecule has 3 rings (SSSR count). The number of benzene rings is 2. The quantitative estimate of drug-likeness (QED) is 0.365. The van der Waals surface area contributed by atoms with Crippen molar-refractivity contribution in [2.75, 3.05) is 0 Å². The molecule has 124 valence electrons. The molecule has 1 heterocycles. The highest BCUT2D eigenvalue weighted by molar-refractivity contribution is 7.85. The molecular formula is C17H14O3S4. The van der Waals surface area contributed by atoms with Crippen molar-refractivity contribution < 1.29 is 13.0 Å². The number of rotatable bonds is 5. The molecule has 0 unspecified atom stereocenters. The Kier molecular flexibility index (Phi) is 5.27. The Bertz CT molecular complexity index is 984. The first kappa shape index (κ1) is 17.4. The van der Waals surface area contributed by atoms with Crippen LogP contribution in [0.5, 0.6) is 0 Å². The summed E-state index contributed by atoms with van der Waals surface area (Å²) < 4.78 is 32.1. The molecule has 1 aromatic heterocycles. The Hall–Kier alpha value is -1.38. The van der Waals surface area contributed by atoms with E-state index in [2.05, 4.69) is 12.1 Å². The molecule has 0 radical (unpaired) electrons. The van der Waals surface area contributed by atoms with Crippen LogP contribution < -0.4 is 0 Å². The minimum Gasteiger partial charge on any atom is -0.282 e. The largest absolute Gasteiger partial charge is 0.294 e. The topological polar surface area (TPSA) is 54.4 Å². The lowest BCUT2D eigenvalue weighted by atomic mass is 10.0. The average Bonchev–Trinajstić information content (AvgIpc) is 2.94. The van der Waals surface area contributed by atoms with Crippen LogP contribution in [0, 0.1) is 3.82 Å². The van der Waals surface area contributed by atoms with E-state index in [1.54, 1.807) is 32.8 Å². The highest BCUT2D eigenvalue weighted by atomic mass is 32.9. The molecule has 0 saturated carbocycles. The second-order valence-electron chi connectivity index (χ2n) is 5.25. The van der Waals surface area contributed by atoms with Crippen LogP contribution in [0.2, 0.25) is 0 Å². The van der Waals surface area contributed by atoms with Gasteiger partial charge in [0.2, 0.25) is 0 Å². The number of hydrogen-bond acceptors (Lipinski definition) is 5. The predicted molar refractivity (Wildman–Crippen MR) is 102 cm³/mol. The van der Waals surface area contributed by atoms with E-state index in [1.165, 1.54) is 28.1 Å². The first-order chi connectivity index (χ1) is 11.4. The van der Waals surface area contributed by atoms with E-state index < -0.39 is 10.1 Å². The molecule has 0 aliphatic rings. The van der Waals surface area contributed by atoms with Crippen molar-refractivity contribution in [1.82, 2.24) is 0 Å². The predicted octanol–water partition coefficient (Wildman–Crippen LogP) is 5.24. The van der Waals surface area contributed by atoms with Gasteiger partial charge in [0, 0.05) is 5.56 Å². The zero-order valence-corrected chi connectivity index (χ0v) is 15.8. The molecule has 7 heteroatoms. The van der Waals surface area contributed by atoms with Gasteiger partial charge in [-0.25, -0.2) is 0 Å². The molecule has 3 nitrogen and oxygen atoms in total. The van der Waals surface area contributed by atoms with Crippen molar-refractivity contribution in [2.45, 2.75) is 17.7 Å². The molecule has 0 spiro atoms. The summed E-state index contributed by atoms with van der Waals surface area (Å²) >= 11 is 5.47. The molecular weight excluding hydrogens is 380 g/mol. The van der Waals surface area contributed by atoms with Crippen molar-refractivity contribution in [1.29, 1.82) is 0 Å². The fourth-order valence-electron chi connectivity index (χ4n) is 2.40. The molecule has 1 N–H and O–H groups in total. The van der Waals surface area contributed by atoms with Crippen molar-refractivity contribution in [3.8, 4) is 10.4 Å². The van der Waals surface area contributed by atoms with Gasteiger partial charge in [-0.2, -0.15) is 8.42 Å². The second-order valence-corrected chi connectivity index (χ2v) is 9.48. The fourth-order valence-corrected chi connectivity index (χ4v) is 5.89. The zero-order chi connectivity index (χ0) is 17.2. The highest BCUT2D eigenvalue weighted by Gasteiger charge is 2.12. The summed E-state index contributed by atoms with van der Waals surface area (Å²) in [6.07, 6.45) is 1.56. The minimum absolute atomic E-state index is 0.0852. The first-order valence-electron chi connectivity index (χ1n) is 7.19. The van der Waals surface area contributed by atoms with Gasteiger partial charge in [0.05, 0.1) is 9.77 Å². The summed E-state index contributed by atoms with van der Waals surface area (Å²) in [6.45, 7) is 0. The standard InChI is InChI=1S/C17H14O3S4/c18-24(19,20)14-9-6-12(7-10-14)8-11-15-16(22-23-17(15)21)13-4-2-1-3-5-13/h1-7,9-10H,8,11H2,(H,18,19,20). The lowest BCUT2D eigenvalue weighted by Crippen LogP contribution is -1.98. The zero-order valence-electron chi connectivity index (χ0n) is 12.5. The van der Waals surface area contributed by atoms with Crippen LogP contribution >= 0.6 is 32.9 Å². The molecule has 24 heavy (non-hydrogen) atoms. The second kappa shape index (κ2) is 7.25. The summed E-state index contributed by atoms with van der Waals surface area (Å²) in [5, 5.41) is 0. The normalized spacial score (nSPS) is 11.5. The van der Waals surface area contributed by atoms with Gasteiger partial charge in [0.25, 0.3) is 10.1 Å². The van der Waals surface area contributed by atoms with Crippen LogP contribution in [-0.4, -0.2) is 13.0 Å². The maximum atomic E-state index is 11.1. The molecule has 3 aromatic rings. The maximum Gasteiger partial charge on any atom is 0.294 e. The van der Waals surface area contributed by atoms with Gasteiger partial charge < -0.3 is 0 Å². The van der Waals surface area contributed by atoms with E-state index in [0.29, 0.717) is 0 Å². The van der Waals surface area contributed by atoms with Crippen LogP contribution in [0.1, 0.15) is 11.1 Å². The Morgan fingerprint density at radius 1 is 0.917 bits per heavy atom. The van der Waals surface area contributed by atoms with Gasteiger partial charge in [-0.1, -0.05) is 75.4 Å². The van der Waals surface area contributed by atoms with Crippen molar-refractivity contribution >= 4 is 43.0 Å². The lowest BCUT2D eigenvalue weighted by molar-refractivity contribution is 0.483. The summed E-state index contributed by atoms with van der Waals surface area (Å²) in [7, 11) is -0.834. The molecule has 0 atom stereocenters. The van der Waals surface area contributed by atoms with Crippen LogP contribution in [0.15, 0.2) is 59.5 Å². The fraction of sp³-hybridized carbons (Fsp3) is 0.118. The SMILES string of the molecule is O=S(=O)(O)c1ccc(CCc2c(-c3ccccc3)ssc2=S)cc1. The van der Waals surface area contributed by atoms with Gasteiger partial charge >= 0.3 is 0 Å².